The topological polar surface area (TPSA) is 29.9 Å². The molecule has 1 heterocycles. The van der Waals surface area contributed by atoms with E-state index in [0.717, 1.165) is 31.2 Å². The summed E-state index contributed by atoms with van der Waals surface area (Å²) in [6.45, 7) is 7.86. The summed E-state index contributed by atoms with van der Waals surface area (Å²) in [5.74, 6) is 0. The van der Waals surface area contributed by atoms with Crippen LogP contribution < -0.4 is 5.32 Å². The maximum absolute atomic E-state index is 4.49. The van der Waals surface area contributed by atoms with E-state index >= 15 is 0 Å². The number of hydrogen-bond acceptors (Lipinski definition) is 2. The molecule has 0 atom stereocenters. The third kappa shape index (κ3) is 3.20. The van der Waals surface area contributed by atoms with Gasteiger partial charge in [0.25, 0.3) is 0 Å². The molecule has 1 aromatic heterocycles. The zero-order valence-electron chi connectivity index (χ0n) is 9.37. The van der Waals surface area contributed by atoms with Crippen LogP contribution in [-0.2, 0) is 13.1 Å². The number of hydrogen-bond donors (Lipinski definition) is 1. The van der Waals surface area contributed by atoms with Gasteiger partial charge in [0.05, 0.1) is 12.2 Å². The second kappa shape index (κ2) is 4.62. The van der Waals surface area contributed by atoms with Crippen molar-refractivity contribution in [3.8, 4) is 0 Å². The van der Waals surface area contributed by atoms with Crippen molar-refractivity contribution in [2.45, 2.75) is 45.3 Å². The van der Waals surface area contributed by atoms with Crippen molar-refractivity contribution in [3.63, 3.8) is 0 Å². The van der Waals surface area contributed by atoms with E-state index in [1.165, 1.54) is 18.4 Å². The minimum atomic E-state index is 0.751. The second-order valence-electron chi connectivity index (χ2n) is 4.26. The van der Waals surface area contributed by atoms with Crippen molar-refractivity contribution in [1.29, 1.82) is 0 Å². The molecule has 1 aromatic rings. The number of nitrogens with zero attached hydrogens (tertiary/aromatic N) is 2. The summed E-state index contributed by atoms with van der Waals surface area (Å²) in [5.41, 5.74) is 2.35. The zero-order chi connectivity index (χ0) is 10.7. The van der Waals surface area contributed by atoms with Gasteiger partial charge in [0.2, 0.25) is 0 Å². The summed E-state index contributed by atoms with van der Waals surface area (Å²) in [7, 11) is 0. The minimum Gasteiger partial charge on any atom is -0.308 e. The van der Waals surface area contributed by atoms with Gasteiger partial charge >= 0.3 is 0 Å². The van der Waals surface area contributed by atoms with Crippen molar-refractivity contribution in [1.82, 2.24) is 15.1 Å². The summed E-state index contributed by atoms with van der Waals surface area (Å²) in [4.78, 5) is 0. The standard InChI is InChI=1S/C12H19N3/c1-3-10(2)9-15-7-6-12(14-15)8-13-11-4-5-11/h6-7,11,13H,2-5,8-9H2,1H3. The van der Waals surface area contributed by atoms with Crippen molar-refractivity contribution in [2.75, 3.05) is 0 Å². The first-order valence-electron chi connectivity index (χ1n) is 5.70. The van der Waals surface area contributed by atoms with E-state index < -0.39 is 0 Å². The molecule has 82 valence electrons. The molecule has 1 saturated carbocycles. The number of aromatic nitrogens is 2. The summed E-state index contributed by atoms with van der Waals surface area (Å²) in [5, 5.41) is 7.95. The Bertz CT molecular complexity index is 336. The fourth-order valence-corrected chi connectivity index (χ4v) is 1.46. The highest BCUT2D eigenvalue weighted by Gasteiger charge is 2.20. The predicted octanol–water partition coefficient (Wildman–Crippen LogP) is 2.10. The van der Waals surface area contributed by atoms with E-state index in [9.17, 15) is 0 Å². The molecular formula is C12H19N3. The van der Waals surface area contributed by atoms with Gasteiger partial charge in [-0.1, -0.05) is 19.1 Å². The quantitative estimate of drug-likeness (QED) is 0.721. The van der Waals surface area contributed by atoms with E-state index in [1.807, 2.05) is 10.9 Å². The first kappa shape index (κ1) is 10.4. The Morgan fingerprint density at radius 3 is 3.13 bits per heavy atom. The molecule has 0 amide bonds. The zero-order valence-corrected chi connectivity index (χ0v) is 9.37. The lowest BCUT2D eigenvalue weighted by atomic mass is 10.2. The van der Waals surface area contributed by atoms with Crippen LogP contribution in [-0.4, -0.2) is 15.8 Å². The molecular weight excluding hydrogens is 186 g/mol. The first-order chi connectivity index (χ1) is 7.28. The SMILES string of the molecule is C=C(CC)Cn1ccc(CNC2CC2)n1. The lowest BCUT2D eigenvalue weighted by molar-refractivity contribution is 0.622. The number of nitrogens with one attached hydrogen (secondary N) is 1. The molecule has 3 heteroatoms. The molecule has 0 spiro atoms. The fourth-order valence-electron chi connectivity index (χ4n) is 1.46. The molecule has 3 nitrogen and oxygen atoms in total. The normalized spacial score (nSPS) is 15.5. The lowest BCUT2D eigenvalue weighted by Crippen LogP contribution is -2.16. The van der Waals surface area contributed by atoms with Gasteiger partial charge in [0, 0.05) is 18.8 Å². The van der Waals surface area contributed by atoms with Crippen LogP contribution in [0.15, 0.2) is 24.4 Å². The van der Waals surface area contributed by atoms with Gasteiger partial charge < -0.3 is 5.32 Å². The van der Waals surface area contributed by atoms with Gasteiger partial charge in [-0.3, -0.25) is 4.68 Å². The number of allylic oxidation sites excluding steroid dienone is 1. The molecule has 15 heavy (non-hydrogen) atoms. The average molecular weight is 205 g/mol. The molecule has 1 fully saturated rings. The highest BCUT2D eigenvalue weighted by Crippen LogP contribution is 2.18. The Morgan fingerprint density at radius 2 is 2.47 bits per heavy atom. The van der Waals surface area contributed by atoms with E-state index in [0.29, 0.717) is 0 Å². The number of rotatable bonds is 6. The average Bonchev–Trinajstić information content (AvgIpc) is 2.97. The maximum atomic E-state index is 4.49. The molecule has 0 saturated heterocycles. The highest BCUT2D eigenvalue weighted by atomic mass is 15.3. The Hall–Kier alpha value is -1.09. The van der Waals surface area contributed by atoms with E-state index in [4.69, 9.17) is 0 Å². The smallest absolute Gasteiger partial charge is 0.0762 e. The largest absolute Gasteiger partial charge is 0.308 e. The Balaban J connectivity index is 1.82. The van der Waals surface area contributed by atoms with Crippen LogP contribution >= 0.6 is 0 Å². The van der Waals surface area contributed by atoms with Gasteiger partial charge in [-0.2, -0.15) is 5.10 Å². The van der Waals surface area contributed by atoms with Crippen LogP contribution in [0.5, 0.6) is 0 Å². The third-order valence-electron chi connectivity index (χ3n) is 2.73. The highest BCUT2D eigenvalue weighted by molar-refractivity contribution is 5.02. The van der Waals surface area contributed by atoms with Crippen LogP contribution in [0.25, 0.3) is 0 Å². The molecule has 1 N–H and O–H groups in total. The van der Waals surface area contributed by atoms with Gasteiger partial charge in [-0.05, 0) is 25.3 Å². The van der Waals surface area contributed by atoms with Crippen molar-refractivity contribution >= 4 is 0 Å². The summed E-state index contributed by atoms with van der Waals surface area (Å²) < 4.78 is 1.97. The molecule has 2 rings (SSSR count). The first-order valence-corrected chi connectivity index (χ1v) is 5.70. The van der Waals surface area contributed by atoms with E-state index in [2.05, 4.69) is 30.0 Å². The van der Waals surface area contributed by atoms with Crippen molar-refractivity contribution in [3.05, 3.63) is 30.1 Å². The fraction of sp³-hybridized carbons (Fsp3) is 0.583. The Kier molecular flexibility index (Phi) is 3.21. The Labute approximate surface area is 91.2 Å². The summed E-state index contributed by atoms with van der Waals surface area (Å²) >= 11 is 0. The van der Waals surface area contributed by atoms with Gasteiger partial charge in [0.1, 0.15) is 0 Å². The molecule has 0 aliphatic heterocycles. The van der Waals surface area contributed by atoms with Gasteiger partial charge in [0.15, 0.2) is 0 Å². The predicted molar refractivity (Wildman–Crippen MR) is 61.5 cm³/mol. The molecule has 1 aliphatic carbocycles. The van der Waals surface area contributed by atoms with Crippen LogP contribution in [0.4, 0.5) is 0 Å². The molecule has 0 unspecified atom stereocenters. The van der Waals surface area contributed by atoms with Crippen LogP contribution in [0.1, 0.15) is 31.9 Å². The lowest BCUT2D eigenvalue weighted by Gasteiger charge is -2.02. The third-order valence-corrected chi connectivity index (χ3v) is 2.73. The Morgan fingerprint density at radius 1 is 1.67 bits per heavy atom. The van der Waals surface area contributed by atoms with Gasteiger partial charge in [-0.25, -0.2) is 0 Å². The summed E-state index contributed by atoms with van der Waals surface area (Å²) in [6, 6.07) is 2.83. The van der Waals surface area contributed by atoms with Gasteiger partial charge in [-0.15, -0.1) is 0 Å². The molecule has 0 radical (unpaired) electrons. The van der Waals surface area contributed by atoms with Crippen molar-refractivity contribution in [2.24, 2.45) is 0 Å². The second-order valence-corrected chi connectivity index (χ2v) is 4.26. The van der Waals surface area contributed by atoms with Crippen LogP contribution in [0, 0.1) is 0 Å². The minimum absolute atomic E-state index is 0.751. The summed E-state index contributed by atoms with van der Waals surface area (Å²) in [6.07, 6.45) is 5.71. The molecule has 1 aliphatic rings. The van der Waals surface area contributed by atoms with Crippen molar-refractivity contribution < 1.29 is 0 Å². The monoisotopic (exact) mass is 205 g/mol. The van der Waals surface area contributed by atoms with Crippen LogP contribution in [0.3, 0.4) is 0 Å². The van der Waals surface area contributed by atoms with E-state index in [1.54, 1.807) is 0 Å². The van der Waals surface area contributed by atoms with E-state index in [-0.39, 0.29) is 0 Å². The molecule has 0 bridgehead atoms. The van der Waals surface area contributed by atoms with Crippen LogP contribution in [0.2, 0.25) is 0 Å². The maximum Gasteiger partial charge on any atom is 0.0762 e. The molecule has 0 aromatic carbocycles.